The van der Waals surface area contributed by atoms with E-state index in [2.05, 4.69) is 0 Å². The first kappa shape index (κ1) is 17.4. The van der Waals surface area contributed by atoms with Crippen LogP contribution in [0.25, 0.3) is 0 Å². The van der Waals surface area contributed by atoms with Crippen molar-refractivity contribution in [2.24, 2.45) is 0 Å². The summed E-state index contributed by atoms with van der Waals surface area (Å²) in [6.07, 6.45) is 0.803. The smallest absolute Gasteiger partial charge is 0.243 e. The van der Waals surface area contributed by atoms with Crippen LogP contribution < -0.4 is 0 Å². The molecule has 0 N–H and O–H groups in total. The number of halogens is 1. The Morgan fingerprint density at radius 3 is 2.35 bits per heavy atom. The summed E-state index contributed by atoms with van der Waals surface area (Å²) in [4.78, 5) is 2.39. The predicted octanol–water partition coefficient (Wildman–Crippen LogP) is 2.31. The van der Waals surface area contributed by atoms with Crippen molar-refractivity contribution < 1.29 is 8.42 Å². The Kier molecular flexibility index (Phi) is 6.45. The number of hydrogen-bond acceptors (Lipinski definition) is 3. The lowest BCUT2D eigenvalue weighted by atomic mass is 10.1. The summed E-state index contributed by atoms with van der Waals surface area (Å²) < 4.78 is 26.5. The van der Waals surface area contributed by atoms with E-state index in [0.29, 0.717) is 17.3 Å². The standard InChI is InChI=1S/C14H23ClN2O2S/c1-12-13(11-15)7-5-8-14(12)20(18,19)17(4)10-6-9-16(2)3/h5,7-8H,6,9-11H2,1-4H3. The third-order valence-electron chi connectivity index (χ3n) is 3.31. The molecule has 0 aliphatic carbocycles. The monoisotopic (exact) mass is 318 g/mol. The SMILES string of the molecule is Cc1c(CCl)cccc1S(=O)(=O)N(C)CCCN(C)C. The Hall–Kier alpha value is -0.620. The second-order valence-corrected chi connectivity index (χ2v) is 7.44. The second-order valence-electron chi connectivity index (χ2n) is 5.16. The first-order chi connectivity index (χ1) is 9.30. The van der Waals surface area contributed by atoms with Gasteiger partial charge in [0.25, 0.3) is 0 Å². The van der Waals surface area contributed by atoms with Crippen LogP contribution in [0.3, 0.4) is 0 Å². The number of sulfonamides is 1. The van der Waals surface area contributed by atoms with Gasteiger partial charge in [-0.3, -0.25) is 0 Å². The van der Waals surface area contributed by atoms with Gasteiger partial charge in [-0.05, 0) is 51.2 Å². The molecule has 4 nitrogen and oxygen atoms in total. The molecule has 0 fully saturated rings. The summed E-state index contributed by atoms with van der Waals surface area (Å²) >= 11 is 5.84. The molecule has 0 aliphatic rings. The van der Waals surface area contributed by atoms with Crippen LogP contribution in [-0.2, 0) is 15.9 Å². The second kappa shape index (κ2) is 7.41. The summed E-state index contributed by atoms with van der Waals surface area (Å²) in [5, 5.41) is 0. The van der Waals surface area contributed by atoms with Gasteiger partial charge < -0.3 is 4.90 Å². The van der Waals surface area contributed by atoms with Gasteiger partial charge in [-0.25, -0.2) is 12.7 Å². The Labute approximate surface area is 127 Å². The van der Waals surface area contributed by atoms with Crippen LogP contribution in [0.5, 0.6) is 0 Å². The summed E-state index contributed by atoms with van der Waals surface area (Å²) in [7, 11) is 2.13. The fourth-order valence-electron chi connectivity index (χ4n) is 1.98. The van der Waals surface area contributed by atoms with E-state index in [4.69, 9.17) is 11.6 Å². The molecule has 114 valence electrons. The fraction of sp³-hybridized carbons (Fsp3) is 0.571. The lowest BCUT2D eigenvalue weighted by Crippen LogP contribution is -2.30. The van der Waals surface area contributed by atoms with Gasteiger partial charge in [0.2, 0.25) is 10.0 Å². The van der Waals surface area contributed by atoms with Crippen LogP contribution in [0.15, 0.2) is 23.1 Å². The highest BCUT2D eigenvalue weighted by Crippen LogP contribution is 2.23. The number of alkyl halides is 1. The van der Waals surface area contributed by atoms with E-state index < -0.39 is 10.0 Å². The predicted molar refractivity (Wildman–Crippen MR) is 83.7 cm³/mol. The molecule has 1 rings (SSSR count). The Morgan fingerprint density at radius 1 is 1.15 bits per heavy atom. The average molecular weight is 319 g/mol. The molecule has 20 heavy (non-hydrogen) atoms. The lowest BCUT2D eigenvalue weighted by Gasteiger charge is -2.20. The topological polar surface area (TPSA) is 40.6 Å². The molecule has 0 amide bonds. The molecule has 0 unspecified atom stereocenters. The minimum Gasteiger partial charge on any atom is -0.309 e. The van der Waals surface area contributed by atoms with Gasteiger partial charge in [0, 0.05) is 19.5 Å². The fourth-order valence-corrected chi connectivity index (χ4v) is 3.75. The zero-order chi connectivity index (χ0) is 15.3. The third kappa shape index (κ3) is 4.19. The third-order valence-corrected chi connectivity index (χ3v) is 5.60. The van der Waals surface area contributed by atoms with E-state index in [1.165, 1.54) is 4.31 Å². The van der Waals surface area contributed by atoms with Crippen molar-refractivity contribution in [1.29, 1.82) is 0 Å². The van der Waals surface area contributed by atoms with Gasteiger partial charge in [0.1, 0.15) is 0 Å². The number of benzene rings is 1. The zero-order valence-electron chi connectivity index (χ0n) is 12.6. The van der Waals surface area contributed by atoms with Crippen molar-refractivity contribution in [3.63, 3.8) is 0 Å². The molecule has 0 bridgehead atoms. The quantitative estimate of drug-likeness (QED) is 0.724. The maximum absolute atomic E-state index is 12.6. The molecule has 1 aromatic rings. The van der Waals surface area contributed by atoms with Crippen molar-refractivity contribution in [3.05, 3.63) is 29.3 Å². The normalized spacial score (nSPS) is 12.3. The van der Waals surface area contributed by atoms with E-state index in [-0.39, 0.29) is 0 Å². The molecule has 0 aromatic heterocycles. The molecule has 6 heteroatoms. The van der Waals surface area contributed by atoms with Gasteiger partial charge >= 0.3 is 0 Å². The first-order valence-corrected chi connectivity index (χ1v) is 8.53. The Morgan fingerprint density at radius 2 is 1.80 bits per heavy atom. The van der Waals surface area contributed by atoms with Crippen LogP contribution in [0.2, 0.25) is 0 Å². The maximum Gasteiger partial charge on any atom is 0.243 e. The Balaban J connectivity index is 2.93. The van der Waals surface area contributed by atoms with Crippen LogP contribution >= 0.6 is 11.6 Å². The van der Waals surface area contributed by atoms with Crippen molar-refractivity contribution in [2.45, 2.75) is 24.1 Å². The van der Waals surface area contributed by atoms with Gasteiger partial charge in [0.15, 0.2) is 0 Å². The maximum atomic E-state index is 12.6. The molecule has 1 aromatic carbocycles. The summed E-state index contributed by atoms with van der Waals surface area (Å²) in [5.74, 6) is 0.319. The van der Waals surface area contributed by atoms with E-state index in [0.717, 1.165) is 24.1 Å². The van der Waals surface area contributed by atoms with E-state index in [1.54, 1.807) is 26.1 Å². The van der Waals surface area contributed by atoms with Gasteiger partial charge in [-0.15, -0.1) is 11.6 Å². The van der Waals surface area contributed by atoms with Gasteiger partial charge in [-0.1, -0.05) is 12.1 Å². The van der Waals surface area contributed by atoms with Crippen molar-refractivity contribution in [1.82, 2.24) is 9.21 Å². The molecular weight excluding hydrogens is 296 g/mol. The van der Waals surface area contributed by atoms with E-state index in [9.17, 15) is 8.42 Å². The minimum absolute atomic E-state index is 0.319. The largest absolute Gasteiger partial charge is 0.309 e. The molecule has 0 radical (unpaired) electrons. The molecule has 0 saturated carbocycles. The number of nitrogens with zero attached hydrogens (tertiary/aromatic N) is 2. The molecule has 0 aliphatic heterocycles. The lowest BCUT2D eigenvalue weighted by molar-refractivity contribution is 0.370. The van der Waals surface area contributed by atoms with Gasteiger partial charge in [-0.2, -0.15) is 0 Å². The molecule has 0 saturated heterocycles. The molecule has 0 heterocycles. The summed E-state index contributed by atoms with van der Waals surface area (Å²) in [5.41, 5.74) is 1.59. The number of rotatable bonds is 7. The summed E-state index contributed by atoms with van der Waals surface area (Å²) in [6, 6.07) is 5.24. The molecular formula is C14H23ClN2O2S. The van der Waals surface area contributed by atoms with Crippen molar-refractivity contribution >= 4 is 21.6 Å². The first-order valence-electron chi connectivity index (χ1n) is 6.56. The van der Waals surface area contributed by atoms with Crippen LogP contribution in [0.4, 0.5) is 0 Å². The molecule has 0 atom stereocenters. The Bertz CT molecular complexity index is 544. The highest BCUT2D eigenvalue weighted by atomic mass is 35.5. The van der Waals surface area contributed by atoms with Crippen molar-refractivity contribution in [3.8, 4) is 0 Å². The van der Waals surface area contributed by atoms with Crippen LogP contribution in [0, 0.1) is 6.92 Å². The highest BCUT2D eigenvalue weighted by molar-refractivity contribution is 7.89. The zero-order valence-corrected chi connectivity index (χ0v) is 14.1. The summed E-state index contributed by atoms with van der Waals surface area (Å²) in [6.45, 7) is 3.17. The van der Waals surface area contributed by atoms with E-state index >= 15 is 0 Å². The highest BCUT2D eigenvalue weighted by Gasteiger charge is 2.23. The number of hydrogen-bond donors (Lipinski definition) is 0. The van der Waals surface area contributed by atoms with E-state index in [1.807, 2.05) is 25.1 Å². The minimum atomic E-state index is -3.44. The average Bonchev–Trinajstić information content (AvgIpc) is 2.38. The van der Waals surface area contributed by atoms with Crippen LogP contribution in [-0.4, -0.2) is 51.9 Å². The molecule has 0 spiro atoms. The van der Waals surface area contributed by atoms with Crippen molar-refractivity contribution in [2.75, 3.05) is 34.2 Å². The van der Waals surface area contributed by atoms with Crippen LogP contribution in [0.1, 0.15) is 17.5 Å². The van der Waals surface area contributed by atoms with Gasteiger partial charge in [0.05, 0.1) is 4.90 Å².